The maximum Gasteiger partial charge on any atom is 0.245 e. The zero-order valence-corrected chi connectivity index (χ0v) is 33.3. The van der Waals surface area contributed by atoms with Crippen LogP contribution in [0.5, 0.6) is 0 Å². The second-order valence-electron chi connectivity index (χ2n) is 16.0. The summed E-state index contributed by atoms with van der Waals surface area (Å²) in [7, 11) is 1.75. The second-order valence-corrected chi connectivity index (χ2v) is 16.0. The average molecular weight is 826 g/mol. The van der Waals surface area contributed by atoms with E-state index < -0.39 is 36.3 Å². The Hall–Kier alpha value is -5.95. The summed E-state index contributed by atoms with van der Waals surface area (Å²) < 4.78 is 67.7. The van der Waals surface area contributed by atoms with E-state index in [2.05, 4.69) is 25.2 Å². The Morgan fingerprint density at radius 2 is 1.78 bits per heavy atom. The fraction of sp³-hybridized carbons (Fsp3) is 0.439. The summed E-state index contributed by atoms with van der Waals surface area (Å²) in [4.78, 5) is 46.9. The van der Waals surface area contributed by atoms with Crippen LogP contribution in [0.15, 0.2) is 48.8 Å². The van der Waals surface area contributed by atoms with Crippen molar-refractivity contribution in [3.05, 3.63) is 72.1 Å². The minimum atomic E-state index is -0.819. The van der Waals surface area contributed by atoms with Gasteiger partial charge in [-0.1, -0.05) is 0 Å². The van der Waals surface area contributed by atoms with Crippen molar-refractivity contribution in [3.8, 4) is 16.9 Å². The van der Waals surface area contributed by atoms with Gasteiger partial charge in [0, 0.05) is 88.4 Å². The van der Waals surface area contributed by atoms with E-state index in [0.717, 1.165) is 18.6 Å². The van der Waals surface area contributed by atoms with Crippen LogP contribution in [0, 0.1) is 24.4 Å². The molecule has 10 rings (SSSR count). The number of carbonyl (C=O) groups is 1. The number of hydrogen-bond acceptors (Lipinski definition) is 12. The number of likely N-dealkylation sites (N-methyl/N-ethyl adjacent to an activating group) is 1. The number of likely N-dealkylation sites (tertiary alicyclic amines) is 1. The predicted octanol–water partition coefficient (Wildman–Crippen LogP) is 4.52. The van der Waals surface area contributed by atoms with Gasteiger partial charge in [-0.3, -0.25) is 9.69 Å². The third-order valence-electron chi connectivity index (χ3n) is 12.3. The van der Waals surface area contributed by atoms with Gasteiger partial charge in [-0.25, -0.2) is 37.2 Å². The smallest absolute Gasteiger partial charge is 0.245 e. The molecule has 312 valence electrons. The van der Waals surface area contributed by atoms with E-state index in [1.807, 2.05) is 23.3 Å². The van der Waals surface area contributed by atoms with Crippen molar-refractivity contribution < 1.29 is 27.1 Å². The summed E-state index contributed by atoms with van der Waals surface area (Å²) in [5, 5.41) is 8.46. The van der Waals surface area contributed by atoms with E-state index >= 15 is 8.78 Å². The van der Waals surface area contributed by atoms with Gasteiger partial charge in [-0.15, -0.1) is 0 Å². The number of benzene rings is 2. The molecule has 0 unspecified atom stereocenters. The molecular formula is C41H43F4N13O2. The van der Waals surface area contributed by atoms with Crippen LogP contribution in [0.4, 0.5) is 35.3 Å². The number of ether oxygens (including phenoxy) is 1. The predicted molar refractivity (Wildman–Crippen MR) is 215 cm³/mol. The molecule has 0 saturated carbocycles. The zero-order valence-electron chi connectivity index (χ0n) is 33.3. The van der Waals surface area contributed by atoms with Crippen molar-refractivity contribution in [1.82, 2.24) is 49.1 Å². The summed E-state index contributed by atoms with van der Waals surface area (Å²) in [6.45, 7) is 6.10. The lowest BCUT2D eigenvalue weighted by Gasteiger charge is -2.35. The number of rotatable bonds is 7. The standard InChI is InChI=1S/C41H43F4N13O2/c1-4-60-28-20-53(3)39(59)35-14-25(49-40-46-9-7-32(50-40)29-11-24(44)13-33-36(29)55(21-28)22(2)48-33)17-57(35)37-30-16-47-58(34-6-5-23(43)12-31(34)45)38(30)52-41(51-37)56-19-26-15-27(56)18-54(26)10-8-42/h5-7,9,11-13,16,25-28,35H,4,8,10,14-15,17-21H2,1-3H3,(H,46,49,50)/t25-,26+,27+,28-,35-/m0/s1. The number of hydrogen-bond donors (Lipinski definition) is 1. The number of carbonyl (C=O) groups excluding carboxylic acids is 1. The molecule has 1 N–H and O–H groups in total. The lowest BCUT2D eigenvalue weighted by Crippen LogP contribution is -2.48. The number of anilines is 3. The van der Waals surface area contributed by atoms with E-state index in [9.17, 15) is 13.6 Å². The van der Waals surface area contributed by atoms with Gasteiger partial charge in [0.2, 0.25) is 17.8 Å². The molecule has 5 atom stereocenters. The van der Waals surface area contributed by atoms with Crippen molar-refractivity contribution in [2.75, 3.05) is 68.2 Å². The molecule has 4 aromatic heterocycles. The first-order valence-corrected chi connectivity index (χ1v) is 20.2. The summed E-state index contributed by atoms with van der Waals surface area (Å²) in [5.41, 5.74) is 2.50. The second kappa shape index (κ2) is 14.9. The van der Waals surface area contributed by atoms with Gasteiger partial charge >= 0.3 is 0 Å². The molecule has 0 aliphatic carbocycles. The zero-order chi connectivity index (χ0) is 41.4. The number of halogens is 4. The van der Waals surface area contributed by atoms with Gasteiger partial charge in [0.25, 0.3) is 0 Å². The van der Waals surface area contributed by atoms with E-state index in [-0.39, 0.29) is 48.5 Å². The Balaban J connectivity index is 1.09. The van der Waals surface area contributed by atoms with E-state index in [1.165, 1.54) is 29.1 Å². The van der Waals surface area contributed by atoms with Crippen LogP contribution in [-0.2, 0) is 16.1 Å². The number of nitrogens with one attached hydrogen (secondary N) is 1. The monoisotopic (exact) mass is 825 g/mol. The third kappa shape index (κ3) is 6.54. The Bertz CT molecular complexity index is 2640. The molecule has 6 bridgehead atoms. The van der Waals surface area contributed by atoms with Gasteiger partial charge in [-0.05, 0) is 51.0 Å². The van der Waals surface area contributed by atoms with Crippen LogP contribution in [0.25, 0.3) is 39.0 Å². The maximum atomic E-state index is 15.4. The molecule has 0 spiro atoms. The minimum Gasteiger partial charge on any atom is -0.375 e. The van der Waals surface area contributed by atoms with Crippen LogP contribution in [0.2, 0.25) is 0 Å². The molecule has 2 aromatic carbocycles. The molecule has 4 aliphatic heterocycles. The number of aromatic nitrogens is 8. The molecule has 1 amide bonds. The van der Waals surface area contributed by atoms with Crippen LogP contribution < -0.4 is 15.1 Å². The molecule has 19 heteroatoms. The molecule has 4 aliphatic rings. The molecule has 3 fully saturated rings. The summed E-state index contributed by atoms with van der Waals surface area (Å²) in [6, 6.07) is 6.86. The lowest BCUT2D eigenvalue weighted by molar-refractivity contribution is -0.133. The van der Waals surface area contributed by atoms with Gasteiger partial charge in [-0.2, -0.15) is 15.1 Å². The SMILES string of the molecule is CCO[C@H]1CN(C)C(=O)[C@@H]2C[C@@H](CN2c2nc(N3C[C@H]4C[C@@H]3CN4CCF)nc3c2cnn3-c2ccc(F)cc2F)Nc2nccc(n2)-c2cc(F)cc3nc(C)n(c23)C1. The molecule has 3 saturated heterocycles. The van der Waals surface area contributed by atoms with E-state index in [1.54, 1.807) is 24.2 Å². The molecule has 60 heavy (non-hydrogen) atoms. The Labute approximate surface area is 342 Å². The molecule has 6 aromatic rings. The highest BCUT2D eigenvalue weighted by Gasteiger charge is 2.46. The highest BCUT2D eigenvalue weighted by atomic mass is 19.1. The van der Waals surface area contributed by atoms with Crippen molar-refractivity contribution in [3.63, 3.8) is 0 Å². The molecule has 0 radical (unpaired) electrons. The Morgan fingerprint density at radius 3 is 2.57 bits per heavy atom. The number of nitrogens with zero attached hydrogens (tertiary/aromatic N) is 12. The van der Waals surface area contributed by atoms with Gasteiger partial charge in [0.15, 0.2) is 11.5 Å². The summed E-state index contributed by atoms with van der Waals surface area (Å²) in [5.74, 6) is -0.449. The van der Waals surface area contributed by atoms with Gasteiger partial charge in [0.1, 0.15) is 41.7 Å². The topological polar surface area (TPSA) is 138 Å². The first-order chi connectivity index (χ1) is 29.1. The number of piperazine rings is 1. The number of aryl methyl sites for hydroxylation is 1. The van der Waals surface area contributed by atoms with Gasteiger partial charge in [0.05, 0.1) is 41.0 Å². The lowest BCUT2D eigenvalue weighted by atomic mass is 10.1. The fourth-order valence-electron chi connectivity index (χ4n) is 9.63. The first kappa shape index (κ1) is 38.3. The molecule has 15 nitrogen and oxygen atoms in total. The highest BCUT2D eigenvalue weighted by molar-refractivity contribution is 5.94. The molecule has 8 heterocycles. The largest absolute Gasteiger partial charge is 0.375 e. The van der Waals surface area contributed by atoms with Crippen molar-refractivity contribution in [2.24, 2.45) is 0 Å². The van der Waals surface area contributed by atoms with Crippen LogP contribution in [0.1, 0.15) is 25.6 Å². The summed E-state index contributed by atoms with van der Waals surface area (Å²) >= 11 is 0. The van der Waals surface area contributed by atoms with Crippen LogP contribution in [-0.4, -0.2) is 138 Å². The maximum absolute atomic E-state index is 15.4. The van der Waals surface area contributed by atoms with Crippen molar-refractivity contribution in [2.45, 2.75) is 63.5 Å². The Morgan fingerprint density at radius 1 is 0.917 bits per heavy atom. The summed E-state index contributed by atoms with van der Waals surface area (Å²) in [6.07, 6.45) is 3.83. The number of amides is 1. The molecular weight excluding hydrogens is 783 g/mol. The number of alkyl halides is 1. The van der Waals surface area contributed by atoms with Gasteiger partial charge < -0.3 is 29.3 Å². The third-order valence-corrected chi connectivity index (χ3v) is 12.3. The van der Waals surface area contributed by atoms with E-state index in [4.69, 9.17) is 24.7 Å². The Kier molecular flexibility index (Phi) is 9.53. The quantitative estimate of drug-likeness (QED) is 0.227. The highest BCUT2D eigenvalue weighted by Crippen LogP contribution is 2.39. The normalized spacial score (nSPS) is 23.2. The fourth-order valence-corrected chi connectivity index (χ4v) is 9.63. The van der Waals surface area contributed by atoms with Crippen molar-refractivity contribution in [1.29, 1.82) is 0 Å². The number of imidazole rings is 1. The van der Waals surface area contributed by atoms with Crippen molar-refractivity contribution >= 4 is 45.7 Å². The number of fused-ring (bicyclic) bond motifs is 8. The van der Waals surface area contributed by atoms with Crippen LogP contribution >= 0.6 is 0 Å². The van der Waals surface area contributed by atoms with E-state index in [0.29, 0.717) is 90.4 Å². The average Bonchev–Trinajstić information content (AvgIpc) is 4.06. The first-order valence-electron chi connectivity index (χ1n) is 20.2. The minimum absolute atomic E-state index is 0.000292. The van der Waals surface area contributed by atoms with Crippen LogP contribution in [0.3, 0.4) is 0 Å².